The van der Waals surface area contributed by atoms with Gasteiger partial charge in [-0.1, -0.05) is 48.9 Å². The molecule has 1 atom stereocenters. The van der Waals surface area contributed by atoms with Crippen molar-refractivity contribution in [3.05, 3.63) is 64.2 Å². The lowest BCUT2D eigenvalue weighted by atomic mass is 10.1. The van der Waals surface area contributed by atoms with Gasteiger partial charge in [0, 0.05) is 16.1 Å². The topological polar surface area (TPSA) is 29.5 Å². The lowest BCUT2D eigenvalue weighted by Crippen LogP contribution is -2.02. The van der Waals surface area contributed by atoms with Gasteiger partial charge in [0.15, 0.2) is 0 Å². The van der Waals surface area contributed by atoms with Crippen molar-refractivity contribution in [2.75, 3.05) is 0 Å². The third kappa shape index (κ3) is 3.53. The summed E-state index contributed by atoms with van der Waals surface area (Å²) in [6.45, 7) is 4.34. The molecular weight excluding hydrogens is 272 g/mol. The summed E-state index contributed by atoms with van der Waals surface area (Å²) in [5.41, 5.74) is 2.89. The molecule has 1 N–H and O–H groups in total. The Balaban J connectivity index is 2.15. The second-order valence-corrected chi connectivity index (χ2v) is 5.25. The normalized spacial score (nSPS) is 12.2. The van der Waals surface area contributed by atoms with Crippen LogP contribution in [0.2, 0.25) is 5.02 Å². The molecule has 0 heterocycles. The molecule has 106 valence electrons. The third-order valence-corrected chi connectivity index (χ3v) is 3.61. The molecule has 0 saturated heterocycles. The van der Waals surface area contributed by atoms with Crippen LogP contribution in [0.4, 0.5) is 0 Å². The fourth-order valence-electron chi connectivity index (χ4n) is 2.03. The minimum absolute atomic E-state index is 0.395. The van der Waals surface area contributed by atoms with Gasteiger partial charge >= 0.3 is 0 Å². The molecule has 0 amide bonds. The summed E-state index contributed by atoms with van der Waals surface area (Å²) in [6.07, 6.45) is 0.158. The fourth-order valence-corrected chi connectivity index (χ4v) is 2.32. The predicted octanol–water partition coefficient (Wildman–Crippen LogP) is 4.67. The third-order valence-electron chi connectivity index (χ3n) is 3.26. The van der Waals surface area contributed by atoms with Crippen LogP contribution in [0, 0.1) is 6.92 Å². The van der Waals surface area contributed by atoms with Crippen molar-refractivity contribution < 1.29 is 9.84 Å². The quantitative estimate of drug-likeness (QED) is 0.867. The van der Waals surface area contributed by atoms with Crippen LogP contribution in [0.15, 0.2) is 42.5 Å². The summed E-state index contributed by atoms with van der Waals surface area (Å²) in [5, 5.41) is 10.7. The largest absolute Gasteiger partial charge is 0.488 e. The maximum atomic E-state index is 9.99. The van der Waals surface area contributed by atoms with Crippen molar-refractivity contribution in [3.8, 4) is 5.75 Å². The Morgan fingerprint density at radius 1 is 1.20 bits per heavy atom. The first kappa shape index (κ1) is 14.9. The number of halogens is 1. The Hall–Kier alpha value is -1.51. The Morgan fingerprint density at radius 2 is 1.95 bits per heavy atom. The molecule has 0 radical (unpaired) electrons. The van der Waals surface area contributed by atoms with Crippen LogP contribution in [0.25, 0.3) is 0 Å². The standard InChI is InChI=1S/C17H19ClO2/c1-3-16(19)14-6-4-5-7-17(14)20-11-13-9-8-12(2)10-15(13)18/h4-10,16,19H,3,11H2,1-2H3/t16-/m0/s1. The minimum atomic E-state index is -0.500. The number of aliphatic hydroxyl groups is 1. The van der Waals surface area contributed by atoms with Crippen molar-refractivity contribution in [3.63, 3.8) is 0 Å². The highest BCUT2D eigenvalue weighted by Gasteiger charge is 2.11. The Labute approximate surface area is 125 Å². The van der Waals surface area contributed by atoms with Crippen molar-refractivity contribution in [2.45, 2.75) is 33.0 Å². The second kappa shape index (κ2) is 6.78. The predicted molar refractivity (Wildman–Crippen MR) is 82.2 cm³/mol. The maximum absolute atomic E-state index is 9.99. The molecule has 0 aromatic heterocycles. The van der Waals surface area contributed by atoms with Crippen LogP contribution in [0.5, 0.6) is 5.75 Å². The van der Waals surface area contributed by atoms with Gasteiger partial charge in [-0.25, -0.2) is 0 Å². The molecule has 0 saturated carbocycles. The molecule has 0 aliphatic heterocycles. The van der Waals surface area contributed by atoms with E-state index in [1.165, 1.54) is 0 Å². The van der Waals surface area contributed by atoms with Gasteiger partial charge in [0.1, 0.15) is 12.4 Å². The van der Waals surface area contributed by atoms with Gasteiger partial charge in [0.2, 0.25) is 0 Å². The highest BCUT2D eigenvalue weighted by molar-refractivity contribution is 6.31. The van der Waals surface area contributed by atoms with Gasteiger partial charge in [-0.15, -0.1) is 0 Å². The Kier molecular flexibility index (Phi) is 5.05. The maximum Gasteiger partial charge on any atom is 0.125 e. The van der Waals surface area contributed by atoms with Gasteiger partial charge < -0.3 is 9.84 Å². The van der Waals surface area contributed by atoms with Crippen LogP contribution < -0.4 is 4.74 Å². The molecule has 2 nitrogen and oxygen atoms in total. The first-order valence-corrected chi connectivity index (χ1v) is 7.14. The molecule has 2 aromatic carbocycles. The first-order chi connectivity index (χ1) is 9.61. The number of aryl methyl sites for hydroxylation is 1. The SMILES string of the molecule is CC[C@H](O)c1ccccc1OCc1ccc(C)cc1Cl. The van der Waals surface area contributed by atoms with Crippen LogP contribution >= 0.6 is 11.6 Å². The summed E-state index contributed by atoms with van der Waals surface area (Å²) in [6, 6.07) is 13.5. The summed E-state index contributed by atoms with van der Waals surface area (Å²) in [7, 11) is 0. The van der Waals surface area contributed by atoms with E-state index in [1.54, 1.807) is 0 Å². The number of benzene rings is 2. The van der Waals surface area contributed by atoms with Crippen LogP contribution in [-0.2, 0) is 6.61 Å². The lowest BCUT2D eigenvalue weighted by molar-refractivity contribution is 0.166. The molecule has 0 spiro atoms. The van der Waals surface area contributed by atoms with Crippen LogP contribution in [-0.4, -0.2) is 5.11 Å². The summed E-state index contributed by atoms with van der Waals surface area (Å²) >= 11 is 6.20. The number of hydrogen-bond acceptors (Lipinski definition) is 2. The lowest BCUT2D eigenvalue weighted by Gasteiger charge is -2.15. The zero-order chi connectivity index (χ0) is 14.5. The highest BCUT2D eigenvalue weighted by atomic mass is 35.5. The number of hydrogen-bond donors (Lipinski definition) is 1. The zero-order valence-electron chi connectivity index (χ0n) is 11.8. The summed E-state index contributed by atoms with van der Waals surface area (Å²) < 4.78 is 5.82. The molecule has 0 unspecified atom stereocenters. The zero-order valence-corrected chi connectivity index (χ0v) is 12.5. The number of ether oxygens (including phenoxy) is 1. The smallest absolute Gasteiger partial charge is 0.125 e. The van der Waals surface area contributed by atoms with E-state index in [1.807, 2.05) is 56.3 Å². The monoisotopic (exact) mass is 290 g/mol. The first-order valence-electron chi connectivity index (χ1n) is 6.76. The average Bonchev–Trinajstić information content (AvgIpc) is 2.46. The summed E-state index contributed by atoms with van der Waals surface area (Å²) in [4.78, 5) is 0. The number of para-hydroxylation sites is 1. The molecule has 0 aliphatic rings. The second-order valence-electron chi connectivity index (χ2n) is 4.85. The Bertz CT molecular complexity index is 581. The average molecular weight is 291 g/mol. The molecule has 2 aromatic rings. The molecule has 20 heavy (non-hydrogen) atoms. The molecular formula is C17H19ClO2. The molecule has 3 heteroatoms. The summed E-state index contributed by atoms with van der Waals surface area (Å²) in [5.74, 6) is 0.707. The van der Waals surface area contributed by atoms with Gasteiger partial charge in [0.25, 0.3) is 0 Å². The van der Waals surface area contributed by atoms with Crippen molar-refractivity contribution >= 4 is 11.6 Å². The van der Waals surface area contributed by atoms with E-state index in [0.717, 1.165) is 16.7 Å². The van der Waals surface area contributed by atoms with Gasteiger partial charge in [0.05, 0.1) is 6.10 Å². The molecule has 0 bridgehead atoms. The van der Waals surface area contributed by atoms with Gasteiger partial charge in [-0.2, -0.15) is 0 Å². The minimum Gasteiger partial charge on any atom is -0.488 e. The van der Waals surface area contributed by atoms with E-state index >= 15 is 0 Å². The van der Waals surface area contributed by atoms with E-state index in [4.69, 9.17) is 16.3 Å². The van der Waals surface area contributed by atoms with E-state index in [-0.39, 0.29) is 0 Å². The highest BCUT2D eigenvalue weighted by Crippen LogP contribution is 2.28. The fraction of sp³-hybridized carbons (Fsp3) is 0.294. The van der Waals surface area contributed by atoms with E-state index in [0.29, 0.717) is 23.8 Å². The van der Waals surface area contributed by atoms with Gasteiger partial charge in [-0.3, -0.25) is 0 Å². The van der Waals surface area contributed by atoms with Crippen LogP contribution in [0.3, 0.4) is 0 Å². The van der Waals surface area contributed by atoms with Crippen molar-refractivity contribution in [1.82, 2.24) is 0 Å². The number of aliphatic hydroxyl groups excluding tert-OH is 1. The van der Waals surface area contributed by atoms with E-state index in [9.17, 15) is 5.11 Å². The van der Waals surface area contributed by atoms with E-state index in [2.05, 4.69) is 0 Å². The number of rotatable bonds is 5. The van der Waals surface area contributed by atoms with Crippen LogP contribution in [0.1, 0.15) is 36.1 Å². The van der Waals surface area contributed by atoms with E-state index < -0.39 is 6.10 Å². The van der Waals surface area contributed by atoms with Crippen molar-refractivity contribution in [1.29, 1.82) is 0 Å². The molecule has 0 aliphatic carbocycles. The van der Waals surface area contributed by atoms with Gasteiger partial charge in [-0.05, 0) is 31.0 Å². The molecule has 0 fully saturated rings. The Morgan fingerprint density at radius 3 is 2.65 bits per heavy atom. The molecule has 2 rings (SSSR count). The van der Waals surface area contributed by atoms with Crippen molar-refractivity contribution in [2.24, 2.45) is 0 Å².